The van der Waals surface area contributed by atoms with E-state index in [2.05, 4.69) is 10.4 Å². The monoisotopic (exact) mass is 441 g/mol. The van der Waals surface area contributed by atoms with Crippen LogP contribution in [0.2, 0.25) is 0 Å². The van der Waals surface area contributed by atoms with Gasteiger partial charge in [-0.1, -0.05) is 54.6 Å². The van der Waals surface area contributed by atoms with Crippen LogP contribution in [0.15, 0.2) is 71.8 Å². The molecule has 0 aromatic heterocycles. The van der Waals surface area contributed by atoms with E-state index in [0.29, 0.717) is 17.5 Å². The molecular weight excluding hydrogens is 414 g/mol. The van der Waals surface area contributed by atoms with Gasteiger partial charge in [0.15, 0.2) is 6.29 Å². The third-order valence-corrected chi connectivity index (χ3v) is 5.45. The lowest BCUT2D eigenvalue weighted by molar-refractivity contribution is -0.109. The molecule has 33 heavy (non-hydrogen) atoms. The van der Waals surface area contributed by atoms with E-state index in [1.54, 1.807) is 23.4 Å². The number of aldehydes is 2. The van der Waals surface area contributed by atoms with Gasteiger partial charge in [-0.05, 0) is 49.1 Å². The quantitative estimate of drug-likeness (QED) is 0.308. The van der Waals surface area contributed by atoms with E-state index < -0.39 is 6.04 Å². The Morgan fingerprint density at radius 1 is 0.939 bits per heavy atom. The zero-order chi connectivity index (χ0) is 23.8. The average molecular weight is 442 g/mol. The smallest absolute Gasteiger partial charge is 0.252 e. The summed E-state index contributed by atoms with van der Waals surface area (Å²) < 4.78 is 0. The van der Waals surface area contributed by atoms with Gasteiger partial charge in [-0.15, -0.1) is 0 Å². The largest absolute Gasteiger partial charge is 0.342 e. The molecule has 0 aliphatic carbocycles. The fourth-order valence-electron chi connectivity index (χ4n) is 3.60. The lowest BCUT2D eigenvalue weighted by Gasteiger charge is -2.17. The van der Waals surface area contributed by atoms with Crippen molar-refractivity contribution in [3.8, 4) is 0 Å². The molecule has 3 aromatic carbocycles. The summed E-state index contributed by atoms with van der Waals surface area (Å²) in [6.45, 7) is 3.76. The molecule has 1 N–H and O–H groups in total. The standard InChI is InChI=1S/C27H27N3O3/c1-19-7-6-8-20(2)26(19)27(33)29-24(18-32)15-21-11-13-25(14-12-21)30(3)28-16-22-9-4-5-10-23(22)17-31/h4-14,16-18,24H,15H2,1-3H3,(H,29,33)/b28-16-/t24-/m0/s1. The molecule has 3 aromatic rings. The maximum absolute atomic E-state index is 12.7. The summed E-state index contributed by atoms with van der Waals surface area (Å²) in [6, 6.07) is 19.9. The number of anilines is 1. The molecule has 3 rings (SSSR count). The molecule has 1 atom stereocenters. The Bertz CT molecular complexity index is 1150. The Labute approximate surface area is 193 Å². The summed E-state index contributed by atoms with van der Waals surface area (Å²) in [4.78, 5) is 35.5. The van der Waals surface area contributed by atoms with Gasteiger partial charge in [0.1, 0.15) is 6.29 Å². The first-order chi connectivity index (χ1) is 15.9. The lowest BCUT2D eigenvalue weighted by Crippen LogP contribution is -2.38. The van der Waals surface area contributed by atoms with Crippen LogP contribution in [0.1, 0.15) is 43.0 Å². The van der Waals surface area contributed by atoms with Gasteiger partial charge in [-0.3, -0.25) is 14.6 Å². The van der Waals surface area contributed by atoms with Crippen molar-refractivity contribution in [3.05, 3.63) is 100 Å². The van der Waals surface area contributed by atoms with Gasteiger partial charge in [0, 0.05) is 23.7 Å². The maximum Gasteiger partial charge on any atom is 0.252 e. The van der Waals surface area contributed by atoms with E-state index in [-0.39, 0.29) is 5.91 Å². The van der Waals surface area contributed by atoms with Crippen LogP contribution < -0.4 is 10.3 Å². The van der Waals surface area contributed by atoms with Crippen molar-refractivity contribution >= 4 is 30.4 Å². The first kappa shape index (κ1) is 23.6. The van der Waals surface area contributed by atoms with Gasteiger partial charge < -0.3 is 10.1 Å². The summed E-state index contributed by atoms with van der Waals surface area (Å²) in [6.07, 6.45) is 3.60. The topological polar surface area (TPSA) is 78.8 Å². The van der Waals surface area contributed by atoms with Gasteiger partial charge in [0.2, 0.25) is 0 Å². The van der Waals surface area contributed by atoms with Crippen molar-refractivity contribution in [2.24, 2.45) is 5.10 Å². The number of carbonyl (C=O) groups excluding carboxylic acids is 3. The molecule has 168 valence electrons. The molecule has 0 bridgehead atoms. The number of nitrogens with one attached hydrogen (secondary N) is 1. The molecule has 0 radical (unpaired) electrons. The van der Waals surface area contributed by atoms with Gasteiger partial charge >= 0.3 is 0 Å². The fourth-order valence-corrected chi connectivity index (χ4v) is 3.60. The number of rotatable bonds is 9. The summed E-state index contributed by atoms with van der Waals surface area (Å²) in [7, 11) is 1.81. The molecule has 0 saturated carbocycles. The number of amides is 1. The third kappa shape index (κ3) is 6.01. The minimum atomic E-state index is -0.627. The third-order valence-electron chi connectivity index (χ3n) is 5.45. The summed E-state index contributed by atoms with van der Waals surface area (Å²) in [5.74, 6) is -0.246. The Hall–Kier alpha value is -4.06. The average Bonchev–Trinajstić information content (AvgIpc) is 2.82. The van der Waals surface area contributed by atoms with E-state index in [1.807, 2.05) is 75.5 Å². The predicted molar refractivity (Wildman–Crippen MR) is 131 cm³/mol. The first-order valence-electron chi connectivity index (χ1n) is 10.7. The van der Waals surface area contributed by atoms with Crippen LogP contribution >= 0.6 is 0 Å². The highest BCUT2D eigenvalue weighted by molar-refractivity contribution is 5.98. The Kier molecular flexibility index (Phi) is 7.86. The Morgan fingerprint density at radius 3 is 2.18 bits per heavy atom. The fraction of sp³-hybridized carbons (Fsp3) is 0.185. The summed E-state index contributed by atoms with van der Waals surface area (Å²) in [5, 5.41) is 8.94. The van der Waals surface area contributed by atoms with Gasteiger partial charge in [0.05, 0.1) is 17.9 Å². The number of aryl methyl sites for hydroxylation is 2. The predicted octanol–water partition coefficient (Wildman–Crippen LogP) is 4.13. The van der Waals surface area contributed by atoms with E-state index >= 15 is 0 Å². The highest BCUT2D eigenvalue weighted by Crippen LogP contribution is 2.17. The second kappa shape index (κ2) is 11.0. The lowest BCUT2D eigenvalue weighted by atomic mass is 10.0. The number of nitrogens with zero attached hydrogens (tertiary/aromatic N) is 2. The van der Waals surface area contributed by atoms with Gasteiger partial charge in [-0.25, -0.2) is 0 Å². The minimum absolute atomic E-state index is 0.246. The van der Waals surface area contributed by atoms with Crippen LogP contribution in [0.25, 0.3) is 0 Å². The molecule has 0 aliphatic rings. The van der Waals surface area contributed by atoms with Crippen LogP contribution in [-0.2, 0) is 11.2 Å². The molecule has 0 unspecified atom stereocenters. The molecule has 0 fully saturated rings. The maximum atomic E-state index is 12.7. The molecule has 6 nitrogen and oxygen atoms in total. The highest BCUT2D eigenvalue weighted by atomic mass is 16.2. The van der Waals surface area contributed by atoms with Crippen LogP contribution in [-0.4, -0.2) is 37.8 Å². The van der Waals surface area contributed by atoms with Gasteiger partial charge in [-0.2, -0.15) is 5.10 Å². The van der Waals surface area contributed by atoms with Crippen LogP contribution in [0.4, 0.5) is 5.69 Å². The first-order valence-corrected chi connectivity index (χ1v) is 10.7. The number of hydrazone groups is 1. The van der Waals surface area contributed by atoms with E-state index in [9.17, 15) is 14.4 Å². The Balaban J connectivity index is 1.65. The van der Waals surface area contributed by atoms with E-state index in [4.69, 9.17) is 0 Å². The van der Waals surface area contributed by atoms with Crippen molar-refractivity contribution in [1.29, 1.82) is 0 Å². The highest BCUT2D eigenvalue weighted by Gasteiger charge is 2.17. The van der Waals surface area contributed by atoms with Crippen LogP contribution in [0, 0.1) is 13.8 Å². The molecule has 0 spiro atoms. The summed E-state index contributed by atoms with van der Waals surface area (Å²) >= 11 is 0. The number of hydrogen-bond acceptors (Lipinski definition) is 5. The zero-order valence-corrected chi connectivity index (χ0v) is 19.0. The zero-order valence-electron chi connectivity index (χ0n) is 19.0. The van der Waals surface area contributed by atoms with E-state index in [1.165, 1.54) is 0 Å². The van der Waals surface area contributed by atoms with Crippen LogP contribution in [0.5, 0.6) is 0 Å². The number of benzene rings is 3. The number of carbonyl (C=O) groups is 3. The molecule has 1 amide bonds. The molecule has 6 heteroatoms. The van der Waals surface area contributed by atoms with Crippen molar-refractivity contribution in [3.63, 3.8) is 0 Å². The molecule has 0 heterocycles. The van der Waals surface area contributed by atoms with Crippen molar-refractivity contribution in [2.45, 2.75) is 26.3 Å². The molecular formula is C27H27N3O3. The van der Waals surface area contributed by atoms with Crippen LogP contribution in [0.3, 0.4) is 0 Å². The Morgan fingerprint density at radius 2 is 1.58 bits per heavy atom. The summed E-state index contributed by atoms with van der Waals surface area (Å²) in [5.41, 5.74) is 5.44. The normalized spacial score (nSPS) is 11.7. The molecule has 0 saturated heterocycles. The van der Waals surface area contributed by atoms with Crippen molar-refractivity contribution in [2.75, 3.05) is 12.1 Å². The SMILES string of the molecule is Cc1cccc(C)c1C(=O)N[C@H](C=O)Cc1ccc(N(C)/N=C\c2ccccc2C=O)cc1. The molecule has 0 aliphatic heterocycles. The number of hydrogen-bond donors (Lipinski definition) is 1. The second-order valence-electron chi connectivity index (χ2n) is 7.87. The van der Waals surface area contributed by atoms with E-state index in [0.717, 1.165) is 40.5 Å². The van der Waals surface area contributed by atoms with Gasteiger partial charge in [0.25, 0.3) is 5.91 Å². The minimum Gasteiger partial charge on any atom is -0.342 e. The van der Waals surface area contributed by atoms with Crippen molar-refractivity contribution in [1.82, 2.24) is 5.32 Å². The van der Waals surface area contributed by atoms with Crippen molar-refractivity contribution < 1.29 is 14.4 Å². The second-order valence-corrected chi connectivity index (χ2v) is 7.87.